The largest absolute Gasteiger partial charge is 0.507 e. The molecule has 1 aliphatic heterocycles. The van der Waals surface area contributed by atoms with Crippen LogP contribution in [0.15, 0.2) is 48.6 Å². The SMILES string of the molecule is Cc1nn(C)c(C)c1/C(O)=C1\C(=O)C(=O)N(CCCn2ccnc2)[C@H]1c1ccc(Cl)cc1. The van der Waals surface area contributed by atoms with Crippen LogP contribution in [0.3, 0.4) is 0 Å². The number of aromatic nitrogens is 4. The molecule has 0 spiro atoms. The predicted octanol–water partition coefficient (Wildman–Crippen LogP) is 3.40. The highest BCUT2D eigenvalue weighted by molar-refractivity contribution is 6.46. The lowest BCUT2D eigenvalue weighted by Crippen LogP contribution is -2.31. The van der Waals surface area contributed by atoms with E-state index < -0.39 is 17.7 Å². The molecule has 1 amide bonds. The predicted molar refractivity (Wildman–Crippen MR) is 120 cm³/mol. The zero-order valence-corrected chi connectivity index (χ0v) is 18.9. The minimum Gasteiger partial charge on any atom is -0.507 e. The second-order valence-electron chi connectivity index (χ2n) is 7.87. The minimum absolute atomic E-state index is 0.0687. The van der Waals surface area contributed by atoms with Gasteiger partial charge in [0.05, 0.1) is 29.2 Å². The Balaban J connectivity index is 1.77. The van der Waals surface area contributed by atoms with E-state index in [1.54, 1.807) is 55.4 Å². The maximum absolute atomic E-state index is 13.1. The van der Waals surface area contributed by atoms with Gasteiger partial charge in [-0.3, -0.25) is 14.3 Å². The summed E-state index contributed by atoms with van der Waals surface area (Å²) in [5.41, 5.74) is 2.55. The average Bonchev–Trinajstić information content (AvgIpc) is 3.43. The van der Waals surface area contributed by atoms with Crippen molar-refractivity contribution in [3.05, 3.63) is 76.1 Å². The van der Waals surface area contributed by atoms with Gasteiger partial charge >= 0.3 is 0 Å². The van der Waals surface area contributed by atoms with E-state index in [1.165, 1.54) is 4.90 Å². The molecule has 1 N–H and O–H groups in total. The topological polar surface area (TPSA) is 93.2 Å². The monoisotopic (exact) mass is 453 g/mol. The van der Waals surface area contributed by atoms with Crippen LogP contribution >= 0.6 is 11.6 Å². The third kappa shape index (κ3) is 3.82. The molecule has 1 saturated heterocycles. The first-order chi connectivity index (χ1) is 15.3. The molecule has 0 bridgehead atoms. The fourth-order valence-electron chi connectivity index (χ4n) is 4.20. The number of amides is 1. The highest BCUT2D eigenvalue weighted by atomic mass is 35.5. The molecule has 0 aliphatic carbocycles. The maximum Gasteiger partial charge on any atom is 0.295 e. The van der Waals surface area contributed by atoms with Crippen molar-refractivity contribution in [1.82, 2.24) is 24.2 Å². The van der Waals surface area contributed by atoms with Crippen LogP contribution in [0.4, 0.5) is 0 Å². The van der Waals surface area contributed by atoms with Gasteiger partial charge in [0.2, 0.25) is 0 Å². The summed E-state index contributed by atoms with van der Waals surface area (Å²) in [6.07, 6.45) is 5.87. The third-order valence-electron chi connectivity index (χ3n) is 5.85. The molecular formula is C23H24ClN5O3. The number of Topliss-reactive ketones (excluding diaryl/α,β-unsaturated/α-hetero) is 1. The van der Waals surface area contributed by atoms with Crippen LogP contribution in [-0.2, 0) is 23.2 Å². The molecule has 32 heavy (non-hydrogen) atoms. The van der Waals surface area contributed by atoms with Gasteiger partial charge in [0.25, 0.3) is 11.7 Å². The lowest BCUT2D eigenvalue weighted by Gasteiger charge is -2.25. The normalized spacial score (nSPS) is 18.0. The van der Waals surface area contributed by atoms with Gasteiger partial charge in [-0.15, -0.1) is 0 Å². The van der Waals surface area contributed by atoms with E-state index in [0.717, 1.165) is 0 Å². The number of halogens is 1. The summed E-state index contributed by atoms with van der Waals surface area (Å²) in [5, 5.41) is 16.1. The summed E-state index contributed by atoms with van der Waals surface area (Å²) in [7, 11) is 1.77. The Morgan fingerprint density at radius 3 is 2.47 bits per heavy atom. The molecule has 1 fully saturated rings. The maximum atomic E-state index is 13.1. The van der Waals surface area contributed by atoms with E-state index in [4.69, 9.17) is 11.6 Å². The number of rotatable bonds is 6. The molecule has 0 unspecified atom stereocenters. The van der Waals surface area contributed by atoms with Crippen molar-refractivity contribution in [3.8, 4) is 0 Å². The van der Waals surface area contributed by atoms with E-state index in [1.807, 2.05) is 17.7 Å². The van der Waals surface area contributed by atoms with Crippen LogP contribution in [0.1, 0.15) is 35.0 Å². The lowest BCUT2D eigenvalue weighted by molar-refractivity contribution is -0.139. The Morgan fingerprint density at radius 2 is 1.88 bits per heavy atom. The number of benzene rings is 1. The number of aliphatic hydroxyl groups excluding tert-OH is 1. The zero-order valence-electron chi connectivity index (χ0n) is 18.1. The second kappa shape index (κ2) is 8.63. The number of ketones is 1. The van der Waals surface area contributed by atoms with Crippen molar-refractivity contribution in [2.45, 2.75) is 32.9 Å². The fourth-order valence-corrected chi connectivity index (χ4v) is 4.32. The molecule has 9 heteroatoms. The van der Waals surface area contributed by atoms with Crippen LogP contribution in [-0.4, -0.2) is 47.6 Å². The quantitative estimate of drug-likeness (QED) is 0.351. The standard InChI is InChI=1S/C23H24ClN5O3/c1-14-18(15(2)27(3)26-14)21(30)19-20(16-5-7-17(24)8-6-16)29(23(32)22(19)31)11-4-10-28-12-9-25-13-28/h5-9,12-13,20,30H,4,10-11H2,1-3H3/b21-19+/t20-/m0/s1. The first kappa shape index (κ1) is 21.8. The summed E-state index contributed by atoms with van der Waals surface area (Å²) in [4.78, 5) is 31.7. The fraction of sp³-hybridized carbons (Fsp3) is 0.304. The van der Waals surface area contributed by atoms with Crippen molar-refractivity contribution in [1.29, 1.82) is 0 Å². The molecule has 4 rings (SSSR count). The van der Waals surface area contributed by atoms with Gasteiger partial charge < -0.3 is 14.6 Å². The van der Waals surface area contributed by atoms with E-state index in [0.29, 0.717) is 47.0 Å². The van der Waals surface area contributed by atoms with Gasteiger partial charge in [-0.1, -0.05) is 23.7 Å². The van der Waals surface area contributed by atoms with Crippen molar-refractivity contribution in [3.63, 3.8) is 0 Å². The highest BCUT2D eigenvalue weighted by Crippen LogP contribution is 2.40. The van der Waals surface area contributed by atoms with Crippen molar-refractivity contribution < 1.29 is 14.7 Å². The zero-order chi connectivity index (χ0) is 23.0. The number of carbonyl (C=O) groups is 2. The highest BCUT2D eigenvalue weighted by Gasteiger charge is 2.46. The first-order valence-corrected chi connectivity index (χ1v) is 10.7. The molecule has 3 aromatic rings. The molecule has 0 saturated carbocycles. The first-order valence-electron chi connectivity index (χ1n) is 10.3. The Bertz CT molecular complexity index is 1200. The summed E-state index contributed by atoms with van der Waals surface area (Å²) in [6.45, 7) is 4.57. The number of hydrogen-bond acceptors (Lipinski definition) is 5. The molecule has 1 aromatic carbocycles. The second-order valence-corrected chi connectivity index (χ2v) is 8.30. The average molecular weight is 454 g/mol. The Labute approximate surface area is 190 Å². The molecule has 1 aliphatic rings. The molecule has 8 nitrogen and oxygen atoms in total. The number of carbonyl (C=O) groups excluding carboxylic acids is 2. The van der Waals surface area contributed by atoms with Crippen LogP contribution in [0.25, 0.3) is 5.76 Å². The Kier molecular flexibility index (Phi) is 5.88. The lowest BCUT2D eigenvalue weighted by atomic mass is 9.94. The van der Waals surface area contributed by atoms with Crippen molar-refractivity contribution in [2.75, 3.05) is 6.54 Å². The minimum atomic E-state index is -0.714. The molecule has 3 heterocycles. The van der Waals surface area contributed by atoms with Crippen LogP contribution < -0.4 is 0 Å². The summed E-state index contributed by atoms with van der Waals surface area (Å²) >= 11 is 6.06. The summed E-state index contributed by atoms with van der Waals surface area (Å²) in [6, 6.07) is 6.26. The van der Waals surface area contributed by atoms with Gasteiger partial charge in [0, 0.05) is 43.2 Å². The van der Waals surface area contributed by atoms with Crippen LogP contribution in [0.2, 0.25) is 5.02 Å². The van der Waals surface area contributed by atoms with E-state index >= 15 is 0 Å². The summed E-state index contributed by atoms with van der Waals surface area (Å²) < 4.78 is 3.55. The van der Waals surface area contributed by atoms with Crippen molar-refractivity contribution in [2.24, 2.45) is 7.05 Å². The van der Waals surface area contributed by atoms with E-state index in [9.17, 15) is 14.7 Å². The smallest absolute Gasteiger partial charge is 0.295 e. The number of aliphatic hydroxyl groups is 1. The Hall–Kier alpha value is -3.39. The van der Waals surface area contributed by atoms with Gasteiger partial charge in [0.1, 0.15) is 5.76 Å². The van der Waals surface area contributed by atoms with Gasteiger partial charge in [-0.05, 0) is 38.0 Å². The third-order valence-corrected chi connectivity index (χ3v) is 6.10. The Morgan fingerprint density at radius 1 is 1.16 bits per heavy atom. The molecule has 1 atom stereocenters. The van der Waals surface area contributed by atoms with Crippen molar-refractivity contribution >= 4 is 29.1 Å². The molecule has 166 valence electrons. The molecular weight excluding hydrogens is 430 g/mol. The number of likely N-dealkylation sites (tertiary alicyclic amines) is 1. The number of nitrogens with zero attached hydrogens (tertiary/aromatic N) is 5. The molecule has 2 aromatic heterocycles. The van der Waals surface area contributed by atoms with E-state index in [2.05, 4.69) is 10.1 Å². The van der Waals surface area contributed by atoms with Gasteiger partial charge in [-0.25, -0.2) is 4.98 Å². The van der Waals surface area contributed by atoms with E-state index in [-0.39, 0.29) is 11.3 Å². The number of aryl methyl sites for hydroxylation is 3. The summed E-state index contributed by atoms with van der Waals surface area (Å²) in [5.74, 6) is -1.53. The number of hydrogen-bond donors (Lipinski definition) is 1. The van der Waals surface area contributed by atoms with Gasteiger partial charge in [-0.2, -0.15) is 5.10 Å². The van der Waals surface area contributed by atoms with Crippen LogP contribution in [0.5, 0.6) is 0 Å². The number of imidazole rings is 1. The van der Waals surface area contributed by atoms with Gasteiger partial charge in [0.15, 0.2) is 0 Å². The molecule has 0 radical (unpaired) electrons. The van der Waals surface area contributed by atoms with Crippen LogP contribution in [0, 0.1) is 13.8 Å².